The summed E-state index contributed by atoms with van der Waals surface area (Å²) in [7, 11) is 0. The molecule has 4 aromatic rings. The van der Waals surface area contributed by atoms with Crippen LogP contribution in [0.1, 0.15) is 59.7 Å². The molecule has 1 aliphatic heterocycles. The van der Waals surface area contributed by atoms with E-state index in [4.69, 9.17) is 10.5 Å². The molecule has 1 saturated heterocycles. The summed E-state index contributed by atoms with van der Waals surface area (Å²) < 4.78 is 49.5. The molecule has 0 amide bonds. The van der Waals surface area contributed by atoms with Crippen molar-refractivity contribution >= 4 is 17.7 Å². The molecule has 6 rings (SSSR count). The maximum Gasteiger partial charge on any atom is 0.201 e. The minimum Gasteiger partial charge on any atom is -0.454 e. The number of hydrogen-bond acceptors (Lipinski definition) is 5. The lowest BCUT2D eigenvalue weighted by molar-refractivity contribution is 0.103. The first-order chi connectivity index (χ1) is 20.2. The number of piperidine rings is 1. The molecule has 0 atom stereocenters. The molecule has 6 nitrogen and oxygen atoms in total. The van der Waals surface area contributed by atoms with E-state index in [1.165, 1.54) is 23.0 Å². The summed E-state index contributed by atoms with van der Waals surface area (Å²) in [4.78, 5) is 15.9. The second-order valence-corrected chi connectivity index (χ2v) is 11.2. The number of nitrogens with two attached hydrogens (primary N) is 1. The van der Waals surface area contributed by atoms with E-state index in [9.17, 15) is 13.6 Å². The summed E-state index contributed by atoms with van der Waals surface area (Å²) in [6.45, 7) is 6.27. The maximum absolute atomic E-state index is 15.2. The molecular formula is C33H31F3N4O2. The van der Waals surface area contributed by atoms with E-state index in [1.807, 2.05) is 6.07 Å². The molecule has 2 N–H and O–H groups in total. The van der Waals surface area contributed by atoms with Crippen molar-refractivity contribution in [2.75, 3.05) is 18.8 Å². The summed E-state index contributed by atoms with van der Waals surface area (Å²) in [5, 5.41) is 4.30. The van der Waals surface area contributed by atoms with Gasteiger partial charge in [0.25, 0.3) is 0 Å². The van der Waals surface area contributed by atoms with Gasteiger partial charge in [0.1, 0.15) is 17.4 Å². The second kappa shape index (κ2) is 11.1. The molecule has 0 bridgehead atoms. The lowest BCUT2D eigenvalue weighted by Gasteiger charge is -2.35. The van der Waals surface area contributed by atoms with Gasteiger partial charge in [0.15, 0.2) is 17.3 Å². The Morgan fingerprint density at radius 3 is 2.48 bits per heavy atom. The van der Waals surface area contributed by atoms with E-state index in [2.05, 4.69) is 23.8 Å². The van der Waals surface area contributed by atoms with Gasteiger partial charge in [-0.05, 0) is 111 Å². The number of benzene rings is 3. The molecule has 0 unspecified atom stereocenters. The van der Waals surface area contributed by atoms with Crippen LogP contribution in [0.3, 0.4) is 0 Å². The zero-order valence-corrected chi connectivity index (χ0v) is 23.4. The molecule has 1 fully saturated rings. The largest absolute Gasteiger partial charge is 0.454 e. The Balaban J connectivity index is 1.16. The summed E-state index contributed by atoms with van der Waals surface area (Å²) in [6, 6.07) is 14.1. The second-order valence-electron chi connectivity index (χ2n) is 11.2. The standard InChI is InChI=1S/C33H31F3N4O2/c1-19(2)39-12-10-20(11-13-39)26-16-21-14-23(15-22(21)17-29(26)35)32(41)27-18-38-40(33(27)37)24-6-8-25(9-7-24)42-30-5-3-4-28(34)31(30)36/h3-9,15-20H,10-14,37H2,1-2H3. The number of nitrogen functional groups attached to an aromatic ring is 1. The Morgan fingerprint density at radius 2 is 1.76 bits per heavy atom. The molecule has 0 saturated carbocycles. The Labute approximate surface area is 242 Å². The number of fused-ring (bicyclic) bond motifs is 1. The number of Topliss-reactive ketones (excluding diaryl/α,β-unsaturated/α-hetero) is 1. The molecule has 1 aromatic heterocycles. The fraction of sp³-hybridized carbons (Fsp3) is 0.273. The monoisotopic (exact) mass is 572 g/mol. The minimum absolute atomic E-state index is 0.158. The number of ketones is 1. The number of aromatic nitrogens is 2. The van der Waals surface area contributed by atoms with Crippen LogP contribution >= 0.6 is 0 Å². The first kappa shape index (κ1) is 27.8. The highest BCUT2D eigenvalue weighted by Gasteiger charge is 2.28. The van der Waals surface area contributed by atoms with Gasteiger partial charge in [0.05, 0.1) is 17.4 Å². The third-order valence-corrected chi connectivity index (χ3v) is 8.24. The van der Waals surface area contributed by atoms with Crippen molar-refractivity contribution in [2.24, 2.45) is 0 Å². The van der Waals surface area contributed by atoms with E-state index in [0.29, 0.717) is 23.7 Å². The van der Waals surface area contributed by atoms with E-state index in [1.54, 1.807) is 36.4 Å². The van der Waals surface area contributed by atoms with Crippen molar-refractivity contribution in [2.45, 2.75) is 45.1 Å². The highest BCUT2D eigenvalue weighted by atomic mass is 19.2. The number of hydrogen-bond donors (Lipinski definition) is 1. The van der Waals surface area contributed by atoms with Crippen LogP contribution in [0.15, 0.2) is 66.4 Å². The molecule has 0 spiro atoms. The van der Waals surface area contributed by atoms with Crippen molar-refractivity contribution in [1.82, 2.24) is 14.7 Å². The lowest BCUT2D eigenvalue weighted by atomic mass is 9.87. The molecule has 2 heterocycles. The van der Waals surface area contributed by atoms with Gasteiger partial charge in [0.2, 0.25) is 5.82 Å². The normalized spacial score (nSPS) is 15.6. The summed E-state index contributed by atoms with van der Waals surface area (Å²) in [5.74, 6) is -2.17. The molecule has 0 radical (unpaired) electrons. The Kier molecular flexibility index (Phi) is 7.36. The quantitative estimate of drug-likeness (QED) is 0.240. The third kappa shape index (κ3) is 5.20. The molecule has 2 aliphatic rings. The molecule has 3 aromatic carbocycles. The van der Waals surface area contributed by atoms with E-state index in [-0.39, 0.29) is 40.4 Å². The number of nitrogens with zero attached hydrogens (tertiary/aromatic N) is 3. The van der Waals surface area contributed by atoms with Crippen LogP contribution in [0, 0.1) is 17.5 Å². The van der Waals surface area contributed by atoms with Crippen LogP contribution in [-0.4, -0.2) is 39.6 Å². The summed E-state index contributed by atoms with van der Waals surface area (Å²) >= 11 is 0. The average Bonchev–Trinajstić information content (AvgIpc) is 3.58. The van der Waals surface area contributed by atoms with Gasteiger partial charge in [-0.15, -0.1) is 0 Å². The number of allylic oxidation sites excluding steroid dienone is 1. The van der Waals surface area contributed by atoms with Crippen molar-refractivity contribution in [3.63, 3.8) is 0 Å². The molecule has 42 heavy (non-hydrogen) atoms. The average molecular weight is 573 g/mol. The van der Waals surface area contributed by atoms with Crippen molar-refractivity contribution in [3.05, 3.63) is 106 Å². The number of anilines is 1. The Bertz CT molecular complexity index is 1690. The van der Waals surface area contributed by atoms with Crippen LogP contribution in [0.2, 0.25) is 0 Å². The molecular weight excluding hydrogens is 541 g/mol. The predicted molar refractivity (Wildman–Crippen MR) is 156 cm³/mol. The van der Waals surface area contributed by atoms with E-state index < -0.39 is 11.6 Å². The SMILES string of the molecule is CC(C)N1CCC(c2cc3c(cc2F)C=C(C(=O)c2cnn(-c4ccc(Oc5cccc(F)c5F)cc4)c2N)C3)CC1. The van der Waals surface area contributed by atoms with Gasteiger partial charge in [-0.25, -0.2) is 13.5 Å². The fourth-order valence-corrected chi connectivity index (χ4v) is 5.83. The van der Waals surface area contributed by atoms with E-state index >= 15 is 4.39 Å². The Morgan fingerprint density at radius 1 is 1.02 bits per heavy atom. The number of halogens is 3. The van der Waals surface area contributed by atoms with Gasteiger partial charge >= 0.3 is 0 Å². The molecule has 1 aliphatic carbocycles. The molecule has 9 heteroatoms. The lowest BCUT2D eigenvalue weighted by Crippen LogP contribution is -2.38. The highest BCUT2D eigenvalue weighted by molar-refractivity contribution is 6.15. The van der Waals surface area contributed by atoms with Gasteiger partial charge in [0, 0.05) is 18.0 Å². The zero-order chi connectivity index (χ0) is 29.5. The maximum atomic E-state index is 15.2. The van der Waals surface area contributed by atoms with Crippen LogP contribution in [0.5, 0.6) is 11.5 Å². The third-order valence-electron chi connectivity index (χ3n) is 8.24. The van der Waals surface area contributed by atoms with Gasteiger partial charge in [-0.1, -0.05) is 12.1 Å². The van der Waals surface area contributed by atoms with Crippen molar-refractivity contribution in [3.8, 4) is 17.2 Å². The number of carbonyl (C=O) groups excluding carboxylic acids is 1. The smallest absolute Gasteiger partial charge is 0.201 e. The summed E-state index contributed by atoms with van der Waals surface area (Å²) in [5.41, 5.74) is 10.1. The van der Waals surface area contributed by atoms with Gasteiger partial charge in [-0.2, -0.15) is 9.49 Å². The Hall–Kier alpha value is -4.37. The van der Waals surface area contributed by atoms with Crippen LogP contribution in [0.25, 0.3) is 11.8 Å². The minimum atomic E-state index is -1.07. The van der Waals surface area contributed by atoms with Crippen LogP contribution in [-0.2, 0) is 6.42 Å². The van der Waals surface area contributed by atoms with Gasteiger partial charge < -0.3 is 15.4 Å². The fourth-order valence-electron chi connectivity index (χ4n) is 5.83. The first-order valence-electron chi connectivity index (χ1n) is 14.1. The number of ether oxygens (including phenoxy) is 1. The van der Waals surface area contributed by atoms with Crippen molar-refractivity contribution < 1.29 is 22.7 Å². The molecule has 216 valence electrons. The number of rotatable bonds is 7. The van der Waals surface area contributed by atoms with Gasteiger partial charge in [-0.3, -0.25) is 4.79 Å². The van der Waals surface area contributed by atoms with Crippen molar-refractivity contribution in [1.29, 1.82) is 0 Å². The van der Waals surface area contributed by atoms with Crippen LogP contribution < -0.4 is 10.5 Å². The van der Waals surface area contributed by atoms with E-state index in [0.717, 1.165) is 48.7 Å². The predicted octanol–water partition coefficient (Wildman–Crippen LogP) is 7.07. The summed E-state index contributed by atoms with van der Waals surface area (Å²) in [6.07, 6.45) is 5.39. The topological polar surface area (TPSA) is 73.4 Å². The highest BCUT2D eigenvalue weighted by Crippen LogP contribution is 2.36. The first-order valence-corrected chi connectivity index (χ1v) is 14.1. The van der Waals surface area contributed by atoms with Crippen LogP contribution in [0.4, 0.5) is 19.0 Å². The number of carbonyl (C=O) groups is 1. The zero-order valence-electron chi connectivity index (χ0n) is 23.4. The number of likely N-dealkylation sites (tertiary alicyclic amines) is 1.